The third kappa shape index (κ3) is 3.29. The van der Waals surface area contributed by atoms with Gasteiger partial charge in [0.05, 0.1) is 17.4 Å². The predicted molar refractivity (Wildman–Crippen MR) is 83.0 cm³/mol. The maximum Gasteiger partial charge on any atom is 0.434 e. The quantitative estimate of drug-likeness (QED) is 0.924. The van der Waals surface area contributed by atoms with Gasteiger partial charge in [0.1, 0.15) is 0 Å². The molecule has 1 amide bonds. The highest BCUT2D eigenvalue weighted by Crippen LogP contribution is 2.34. The largest absolute Gasteiger partial charge is 0.434 e. The molecule has 0 spiro atoms. The topological polar surface area (TPSA) is 46.9 Å². The number of benzene rings is 1. The van der Waals surface area contributed by atoms with E-state index in [0.29, 0.717) is 0 Å². The normalized spacial score (nSPS) is 15.7. The van der Waals surface area contributed by atoms with Crippen molar-refractivity contribution in [3.63, 3.8) is 0 Å². The van der Waals surface area contributed by atoms with Gasteiger partial charge in [-0.15, -0.1) is 0 Å². The van der Waals surface area contributed by atoms with E-state index in [-0.39, 0.29) is 11.7 Å². The number of amides is 1. The molecule has 24 heavy (non-hydrogen) atoms. The number of carbonyl (C=O) groups excluding carboxylic acids is 1. The van der Waals surface area contributed by atoms with Gasteiger partial charge in [0.2, 0.25) is 0 Å². The van der Waals surface area contributed by atoms with Crippen molar-refractivity contribution < 1.29 is 18.0 Å². The minimum absolute atomic E-state index is 0.0543. The van der Waals surface area contributed by atoms with Crippen molar-refractivity contribution in [3.8, 4) is 5.69 Å². The molecule has 1 heterocycles. The van der Waals surface area contributed by atoms with Crippen LogP contribution < -0.4 is 5.32 Å². The molecule has 0 bridgehead atoms. The van der Waals surface area contributed by atoms with Crippen molar-refractivity contribution in [2.45, 2.75) is 44.8 Å². The highest BCUT2D eigenvalue weighted by molar-refractivity contribution is 5.95. The number of alkyl halides is 3. The molecule has 1 aliphatic rings. The fourth-order valence-corrected chi connectivity index (χ4v) is 3.00. The third-order valence-electron chi connectivity index (χ3n) is 4.25. The summed E-state index contributed by atoms with van der Waals surface area (Å²) in [6, 6.07) is 6.46. The van der Waals surface area contributed by atoms with Gasteiger partial charge >= 0.3 is 6.18 Å². The van der Waals surface area contributed by atoms with Gasteiger partial charge in [-0.2, -0.15) is 18.3 Å². The summed E-state index contributed by atoms with van der Waals surface area (Å²) in [6.45, 7) is 1.85. The van der Waals surface area contributed by atoms with E-state index in [9.17, 15) is 18.0 Å². The van der Waals surface area contributed by atoms with Crippen molar-refractivity contribution in [2.24, 2.45) is 0 Å². The summed E-state index contributed by atoms with van der Waals surface area (Å²) in [6.07, 6.45) is -0.103. The molecule has 1 saturated carbocycles. The molecule has 4 nitrogen and oxygen atoms in total. The summed E-state index contributed by atoms with van der Waals surface area (Å²) >= 11 is 0. The molecule has 0 saturated heterocycles. The lowest BCUT2D eigenvalue weighted by Crippen LogP contribution is -2.34. The maximum atomic E-state index is 13.5. The van der Waals surface area contributed by atoms with E-state index in [0.717, 1.165) is 42.1 Å². The molecule has 128 valence electrons. The Hall–Kier alpha value is -2.31. The number of hydrogen-bond donors (Lipinski definition) is 1. The molecule has 1 N–H and O–H groups in total. The lowest BCUT2D eigenvalue weighted by molar-refractivity contribution is -0.143. The van der Waals surface area contributed by atoms with Gasteiger partial charge in [-0.05, 0) is 31.9 Å². The molecule has 1 aliphatic carbocycles. The van der Waals surface area contributed by atoms with Crippen LogP contribution in [0.1, 0.15) is 47.3 Å². The van der Waals surface area contributed by atoms with Gasteiger partial charge in [-0.3, -0.25) is 4.79 Å². The van der Waals surface area contributed by atoms with Crippen molar-refractivity contribution in [3.05, 3.63) is 47.3 Å². The average molecular weight is 337 g/mol. The van der Waals surface area contributed by atoms with E-state index >= 15 is 0 Å². The Morgan fingerprint density at radius 2 is 1.83 bits per heavy atom. The molecular formula is C17H18F3N3O. The minimum atomic E-state index is -4.68. The summed E-state index contributed by atoms with van der Waals surface area (Å²) in [5, 5.41) is 6.50. The van der Waals surface area contributed by atoms with E-state index in [1.807, 2.05) is 6.92 Å². The first-order valence-corrected chi connectivity index (χ1v) is 7.89. The Bertz CT molecular complexity index is 729. The van der Waals surface area contributed by atoms with Crippen molar-refractivity contribution in [2.75, 3.05) is 0 Å². The molecular weight excluding hydrogens is 319 g/mol. The molecule has 0 radical (unpaired) electrons. The number of nitrogens with one attached hydrogen (secondary N) is 1. The van der Waals surface area contributed by atoms with E-state index in [1.54, 1.807) is 24.3 Å². The van der Waals surface area contributed by atoms with Gasteiger partial charge in [0, 0.05) is 6.04 Å². The molecule has 0 atom stereocenters. The number of aryl methyl sites for hydroxylation is 1. The van der Waals surface area contributed by atoms with Crippen LogP contribution in [-0.4, -0.2) is 21.7 Å². The lowest BCUT2D eigenvalue weighted by Gasteiger charge is -2.15. The first kappa shape index (κ1) is 16.5. The van der Waals surface area contributed by atoms with Gasteiger partial charge in [0.25, 0.3) is 5.91 Å². The Labute approximate surface area is 137 Å². The van der Waals surface area contributed by atoms with Crippen LogP contribution in [0.25, 0.3) is 5.69 Å². The van der Waals surface area contributed by atoms with Gasteiger partial charge in [-0.25, -0.2) is 4.68 Å². The second kappa shape index (κ2) is 6.30. The van der Waals surface area contributed by atoms with Crippen LogP contribution in [0.3, 0.4) is 0 Å². The number of nitrogens with zero attached hydrogens (tertiary/aromatic N) is 2. The van der Waals surface area contributed by atoms with E-state index in [2.05, 4.69) is 10.4 Å². The summed E-state index contributed by atoms with van der Waals surface area (Å²) in [5.41, 5.74) is -0.275. The summed E-state index contributed by atoms with van der Waals surface area (Å²) in [7, 11) is 0. The number of rotatable bonds is 3. The maximum absolute atomic E-state index is 13.5. The molecule has 0 unspecified atom stereocenters. The van der Waals surface area contributed by atoms with Crippen LogP contribution in [0.4, 0.5) is 13.2 Å². The average Bonchev–Trinajstić information content (AvgIpc) is 3.16. The summed E-state index contributed by atoms with van der Waals surface area (Å²) in [5.74, 6) is -0.715. The van der Waals surface area contributed by atoms with E-state index < -0.39 is 23.3 Å². The van der Waals surface area contributed by atoms with Crippen molar-refractivity contribution in [1.29, 1.82) is 0 Å². The van der Waals surface area contributed by atoms with Crippen LogP contribution in [0.2, 0.25) is 0 Å². The predicted octanol–water partition coefficient (Wildman–Crippen LogP) is 3.87. The Morgan fingerprint density at radius 1 is 1.21 bits per heavy atom. The smallest absolute Gasteiger partial charge is 0.349 e. The highest BCUT2D eigenvalue weighted by atomic mass is 19.4. The molecule has 1 fully saturated rings. The summed E-state index contributed by atoms with van der Waals surface area (Å²) in [4.78, 5) is 12.3. The molecule has 7 heteroatoms. The Morgan fingerprint density at radius 3 is 2.42 bits per heavy atom. The Kier molecular flexibility index (Phi) is 4.34. The molecule has 2 aromatic rings. The zero-order valence-electron chi connectivity index (χ0n) is 13.2. The van der Waals surface area contributed by atoms with Gasteiger partial charge in [-0.1, -0.05) is 30.5 Å². The lowest BCUT2D eigenvalue weighted by atomic mass is 10.1. The zero-order valence-corrected chi connectivity index (χ0v) is 13.2. The molecule has 0 aliphatic heterocycles. The molecule has 1 aromatic heterocycles. The second-order valence-corrected chi connectivity index (χ2v) is 6.11. The second-order valence-electron chi connectivity index (χ2n) is 6.11. The monoisotopic (exact) mass is 337 g/mol. The standard InChI is InChI=1S/C17H18F3N3O/c1-11-6-8-13(9-7-11)23-15(17(18,19)20)14(10-21-23)16(24)22-12-4-2-3-5-12/h6-10,12H,2-5H2,1H3,(H,22,24). The van der Waals surface area contributed by atoms with Crippen LogP contribution in [0.15, 0.2) is 30.5 Å². The fourth-order valence-electron chi connectivity index (χ4n) is 3.00. The molecule has 1 aromatic carbocycles. The van der Waals surface area contributed by atoms with E-state index in [4.69, 9.17) is 0 Å². The summed E-state index contributed by atoms with van der Waals surface area (Å²) < 4.78 is 41.4. The van der Waals surface area contributed by atoms with E-state index in [1.165, 1.54) is 0 Å². The van der Waals surface area contributed by atoms with Crippen LogP contribution in [0, 0.1) is 6.92 Å². The third-order valence-corrected chi connectivity index (χ3v) is 4.25. The number of aromatic nitrogens is 2. The Balaban J connectivity index is 1.97. The highest BCUT2D eigenvalue weighted by Gasteiger charge is 2.40. The van der Waals surface area contributed by atoms with Gasteiger partial charge < -0.3 is 5.32 Å². The number of halogens is 3. The first-order valence-electron chi connectivity index (χ1n) is 7.89. The minimum Gasteiger partial charge on any atom is -0.349 e. The van der Waals surface area contributed by atoms with Crippen molar-refractivity contribution in [1.82, 2.24) is 15.1 Å². The SMILES string of the molecule is Cc1ccc(-n2ncc(C(=O)NC3CCCC3)c2C(F)(F)F)cc1. The van der Waals surface area contributed by atoms with Gasteiger partial charge in [0.15, 0.2) is 5.69 Å². The first-order chi connectivity index (χ1) is 11.4. The number of carbonyl (C=O) groups is 1. The zero-order chi connectivity index (χ0) is 17.3. The number of hydrogen-bond acceptors (Lipinski definition) is 2. The van der Waals surface area contributed by atoms with Crippen LogP contribution >= 0.6 is 0 Å². The molecule has 3 rings (SSSR count). The van der Waals surface area contributed by atoms with Crippen molar-refractivity contribution >= 4 is 5.91 Å². The van der Waals surface area contributed by atoms with Crippen LogP contribution in [0.5, 0.6) is 0 Å². The van der Waals surface area contributed by atoms with Crippen LogP contribution in [-0.2, 0) is 6.18 Å². The fraction of sp³-hybridized carbons (Fsp3) is 0.412.